The SMILES string of the molecule is CC1(C)c2ccccc2-c2cc(-c3nc(-n4c5ccc(-c6ccccc6)cc5c5cc(-c6ccc7c(c6)c6cc(-c8ccccc8)ccc6n7-c6ccccc6)ccc54)nc4c3ccc3ccccc34)ccc21. The van der Waals surface area contributed by atoms with Crippen LogP contribution in [0, 0.1) is 0 Å². The van der Waals surface area contributed by atoms with E-state index in [1.165, 1.54) is 60.8 Å². The van der Waals surface area contributed by atoms with Gasteiger partial charge in [-0.1, -0.05) is 184 Å². The summed E-state index contributed by atoms with van der Waals surface area (Å²) in [7, 11) is 0. The number of fused-ring (bicyclic) bond motifs is 12. The molecule has 15 rings (SSSR count). The zero-order valence-corrected chi connectivity index (χ0v) is 40.4. The van der Waals surface area contributed by atoms with Gasteiger partial charge in [0.25, 0.3) is 0 Å². The normalized spacial score (nSPS) is 12.9. The van der Waals surface area contributed by atoms with Crippen LogP contribution in [0.25, 0.3) is 133 Å². The molecule has 11 aromatic carbocycles. The van der Waals surface area contributed by atoms with Crippen LogP contribution in [-0.4, -0.2) is 19.1 Å². The second-order valence-corrected chi connectivity index (χ2v) is 20.2. The highest BCUT2D eigenvalue weighted by molar-refractivity contribution is 6.15. The quantitative estimate of drug-likeness (QED) is 0.156. The average Bonchev–Trinajstić information content (AvgIpc) is 4.04. The zero-order valence-electron chi connectivity index (χ0n) is 40.4. The number of nitrogens with zero attached hydrogens (tertiary/aromatic N) is 4. The first kappa shape index (κ1) is 41.4. The van der Waals surface area contributed by atoms with Crippen molar-refractivity contribution in [1.82, 2.24) is 19.1 Å². The minimum atomic E-state index is -0.0985. The van der Waals surface area contributed by atoms with Crippen LogP contribution in [-0.2, 0) is 5.41 Å². The van der Waals surface area contributed by atoms with Gasteiger partial charge >= 0.3 is 0 Å². The predicted molar refractivity (Wildman–Crippen MR) is 305 cm³/mol. The standard InChI is InChI=1S/C69H46N4/c1-69(2)60-25-15-14-24-53(60)55-42-50(27-33-61(55)69)66-54-32-26-45-20-12-13-23-52(45)67(54)71-68(70-66)73-64-36-29-47(44-18-8-4-9-19-44)39-58(64)59-41-49(31-37-65(59)73)48-30-35-63-57(40-48)56-38-46(43-16-6-3-7-17-43)28-34-62(56)72(63)51-21-10-5-11-22-51/h3-42H,1-2H3. The highest BCUT2D eigenvalue weighted by Gasteiger charge is 2.35. The lowest BCUT2D eigenvalue weighted by Gasteiger charge is -2.21. The van der Waals surface area contributed by atoms with Gasteiger partial charge in [0, 0.05) is 49.0 Å². The molecule has 342 valence electrons. The summed E-state index contributed by atoms with van der Waals surface area (Å²) in [5.41, 5.74) is 20.7. The Bertz CT molecular complexity index is 4560. The number of hydrogen-bond donors (Lipinski definition) is 0. The van der Waals surface area contributed by atoms with Crippen LogP contribution in [0.1, 0.15) is 25.0 Å². The summed E-state index contributed by atoms with van der Waals surface area (Å²) in [5.74, 6) is 0.643. The maximum Gasteiger partial charge on any atom is 0.235 e. The van der Waals surface area contributed by atoms with E-state index in [1.807, 2.05) is 0 Å². The maximum absolute atomic E-state index is 5.67. The van der Waals surface area contributed by atoms with Crippen molar-refractivity contribution in [3.8, 4) is 67.4 Å². The van der Waals surface area contributed by atoms with Crippen molar-refractivity contribution in [3.05, 3.63) is 254 Å². The molecule has 4 nitrogen and oxygen atoms in total. The third kappa shape index (κ3) is 6.33. The first-order valence-corrected chi connectivity index (χ1v) is 25.2. The van der Waals surface area contributed by atoms with Crippen LogP contribution in [0.15, 0.2) is 243 Å². The summed E-state index contributed by atoms with van der Waals surface area (Å²) >= 11 is 0. The fourth-order valence-corrected chi connectivity index (χ4v) is 12.1. The van der Waals surface area contributed by atoms with E-state index >= 15 is 0 Å². The predicted octanol–water partition coefficient (Wildman–Crippen LogP) is 18.0. The van der Waals surface area contributed by atoms with E-state index in [4.69, 9.17) is 9.97 Å². The van der Waals surface area contributed by atoms with Crippen LogP contribution < -0.4 is 0 Å². The molecule has 0 saturated heterocycles. The molecule has 0 saturated carbocycles. The summed E-state index contributed by atoms with van der Waals surface area (Å²) in [6.45, 7) is 4.67. The summed E-state index contributed by atoms with van der Waals surface area (Å²) in [4.78, 5) is 11.3. The number of benzene rings is 11. The Kier molecular flexibility index (Phi) is 8.97. The molecule has 1 aliphatic carbocycles. The Labute approximate surface area is 422 Å². The Morgan fingerprint density at radius 3 is 1.40 bits per heavy atom. The molecule has 73 heavy (non-hydrogen) atoms. The van der Waals surface area contributed by atoms with Gasteiger partial charge < -0.3 is 4.57 Å². The van der Waals surface area contributed by atoms with Gasteiger partial charge in [-0.3, -0.25) is 4.57 Å². The lowest BCUT2D eigenvalue weighted by molar-refractivity contribution is 0.660. The molecule has 3 aromatic heterocycles. The molecule has 0 aliphatic heterocycles. The summed E-state index contributed by atoms with van der Waals surface area (Å²) in [6.07, 6.45) is 0. The Balaban J connectivity index is 0.966. The number of para-hydroxylation sites is 1. The zero-order chi connectivity index (χ0) is 48.4. The van der Waals surface area contributed by atoms with Crippen molar-refractivity contribution in [2.45, 2.75) is 19.3 Å². The fraction of sp³-hybridized carbons (Fsp3) is 0.0435. The number of aromatic nitrogens is 4. The monoisotopic (exact) mass is 930 g/mol. The third-order valence-electron chi connectivity index (χ3n) is 15.7. The van der Waals surface area contributed by atoms with Crippen LogP contribution in [0.3, 0.4) is 0 Å². The molecule has 0 radical (unpaired) electrons. The van der Waals surface area contributed by atoms with E-state index in [0.29, 0.717) is 5.95 Å². The first-order chi connectivity index (χ1) is 35.9. The molecule has 0 unspecified atom stereocenters. The molecular formula is C69H46N4. The van der Waals surface area contributed by atoms with Gasteiger partial charge in [-0.05, 0) is 134 Å². The van der Waals surface area contributed by atoms with E-state index in [9.17, 15) is 0 Å². The highest BCUT2D eigenvalue weighted by atomic mass is 15.2. The smallest absolute Gasteiger partial charge is 0.235 e. The Morgan fingerprint density at radius 1 is 0.315 bits per heavy atom. The lowest BCUT2D eigenvalue weighted by atomic mass is 9.82. The Hall–Kier alpha value is -9.38. The molecule has 0 atom stereocenters. The van der Waals surface area contributed by atoms with E-state index < -0.39 is 0 Å². The molecule has 14 aromatic rings. The van der Waals surface area contributed by atoms with Gasteiger partial charge in [0.05, 0.1) is 33.3 Å². The average molecular weight is 931 g/mol. The van der Waals surface area contributed by atoms with Gasteiger partial charge in [-0.25, -0.2) is 9.97 Å². The van der Waals surface area contributed by atoms with Crippen molar-refractivity contribution < 1.29 is 0 Å². The second kappa shape index (κ2) is 15.8. The largest absolute Gasteiger partial charge is 0.309 e. The first-order valence-electron chi connectivity index (χ1n) is 25.2. The molecule has 0 amide bonds. The van der Waals surface area contributed by atoms with Gasteiger partial charge in [0.15, 0.2) is 0 Å². The van der Waals surface area contributed by atoms with Crippen LogP contribution in [0.2, 0.25) is 0 Å². The lowest BCUT2D eigenvalue weighted by Crippen LogP contribution is -2.14. The number of rotatable bonds is 6. The van der Waals surface area contributed by atoms with Crippen molar-refractivity contribution in [2.24, 2.45) is 0 Å². The summed E-state index contributed by atoms with van der Waals surface area (Å²) in [5, 5.41) is 8.00. The second-order valence-electron chi connectivity index (χ2n) is 20.2. The van der Waals surface area contributed by atoms with Crippen molar-refractivity contribution in [3.63, 3.8) is 0 Å². The van der Waals surface area contributed by atoms with Crippen molar-refractivity contribution in [1.29, 1.82) is 0 Å². The van der Waals surface area contributed by atoms with Crippen molar-refractivity contribution in [2.75, 3.05) is 0 Å². The maximum atomic E-state index is 5.67. The fourth-order valence-electron chi connectivity index (χ4n) is 12.1. The third-order valence-corrected chi connectivity index (χ3v) is 15.7. The van der Waals surface area contributed by atoms with E-state index in [-0.39, 0.29) is 5.41 Å². The molecular weight excluding hydrogens is 885 g/mol. The molecule has 0 bridgehead atoms. The van der Waals surface area contributed by atoms with Crippen LogP contribution in [0.4, 0.5) is 0 Å². The van der Waals surface area contributed by atoms with Gasteiger partial charge in [-0.15, -0.1) is 0 Å². The van der Waals surface area contributed by atoms with E-state index in [0.717, 1.165) is 77.1 Å². The van der Waals surface area contributed by atoms with E-state index in [1.54, 1.807) is 0 Å². The van der Waals surface area contributed by atoms with Crippen LogP contribution in [0.5, 0.6) is 0 Å². The van der Waals surface area contributed by atoms with Gasteiger partial charge in [0.1, 0.15) is 0 Å². The van der Waals surface area contributed by atoms with Gasteiger partial charge in [-0.2, -0.15) is 0 Å². The van der Waals surface area contributed by atoms with Crippen LogP contribution >= 0.6 is 0 Å². The summed E-state index contributed by atoms with van der Waals surface area (Å²) in [6, 6.07) is 88.6. The molecule has 0 fully saturated rings. The molecule has 1 aliphatic rings. The van der Waals surface area contributed by atoms with Gasteiger partial charge in [0.2, 0.25) is 5.95 Å². The minimum absolute atomic E-state index is 0.0985. The summed E-state index contributed by atoms with van der Waals surface area (Å²) < 4.78 is 4.69. The minimum Gasteiger partial charge on any atom is -0.309 e. The molecule has 0 spiro atoms. The molecule has 0 N–H and O–H groups in total. The molecule has 4 heteroatoms. The number of hydrogen-bond acceptors (Lipinski definition) is 2. The van der Waals surface area contributed by atoms with Crippen molar-refractivity contribution >= 4 is 65.3 Å². The Morgan fingerprint density at radius 2 is 0.795 bits per heavy atom. The topological polar surface area (TPSA) is 35.6 Å². The highest BCUT2D eigenvalue weighted by Crippen LogP contribution is 2.50. The van der Waals surface area contributed by atoms with E-state index in [2.05, 4.69) is 266 Å². The molecule has 3 heterocycles.